The number of benzene rings is 1. The molecule has 1 rings (SSSR count). The van der Waals surface area contributed by atoms with Gasteiger partial charge >= 0.3 is 0 Å². The maximum Gasteiger partial charge on any atom is 0.244 e. The molecule has 0 aliphatic heterocycles. The molecule has 0 bridgehead atoms. The van der Waals surface area contributed by atoms with E-state index in [-0.39, 0.29) is 0 Å². The summed E-state index contributed by atoms with van der Waals surface area (Å²) in [5, 5.41) is 2.46. The highest BCUT2D eigenvalue weighted by Gasteiger charge is 2.10. The molecule has 0 spiro atoms. The molecule has 6 nitrogen and oxygen atoms in total. The molecule has 0 aromatic heterocycles. The molecule has 0 fully saturated rings. The fourth-order valence-corrected chi connectivity index (χ4v) is 1.62. The molecular formula is C16H22N2O4. The Morgan fingerprint density at radius 3 is 2.68 bits per heavy atom. The second kappa shape index (κ2) is 8.71. The highest BCUT2D eigenvalue weighted by atomic mass is 16.5. The van der Waals surface area contributed by atoms with Crippen LogP contribution >= 0.6 is 0 Å². The second-order valence-corrected chi connectivity index (χ2v) is 4.72. The van der Waals surface area contributed by atoms with Gasteiger partial charge in [-0.05, 0) is 37.1 Å². The average Bonchev–Trinajstić information content (AvgIpc) is 2.50. The van der Waals surface area contributed by atoms with E-state index in [2.05, 4.69) is 5.32 Å². The number of carbonyl (C=O) groups is 2. The molecule has 1 atom stereocenters. The lowest BCUT2D eigenvalue weighted by molar-refractivity contribution is -0.124. The van der Waals surface area contributed by atoms with Crippen LogP contribution in [0.3, 0.4) is 0 Å². The summed E-state index contributed by atoms with van der Waals surface area (Å²) in [4.78, 5) is 22.5. The van der Waals surface area contributed by atoms with Crippen LogP contribution in [-0.4, -0.2) is 31.6 Å². The predicted molar refractivity (Wildman–Crippen MR) is 84.6 cm³/mol. The Morgan fingerprint density at radius 1 is 1.36 bits per heavy atom. The van der Waals surface area contributed by atoms with Crippen LogP contribution in [0.5, 0.6) is 11.5 Å². The van der Waals surface area contributed by atoms with Gasteiger partial charge in [0.05, 0.1) is 13.7 Å². The minimum atomic E-state index is -0.712. The zero-order valence-corrected chi connectivity index (χ0v) is 13.1. The minimum absolute atomic E-state index is 0.392. The van der Waals surface area contributed by atoms with Crippen molar-refractivity contribution in [1.82, 2.24) is 5.32 Å². The maximum atomic E-state index is 11.6. The van der Waals surface area contributed by atoms with Gasteiger partial charge in [0.15, 0.2) is 11.5 Å². The lowest BCUT2D eigenvalue weighted by Crippen LogP contribution is -2.41. The molecule has 2 amide bonds. The summed E-state index contributed by atoms with van der Waals surface area (Å²) >= 11 is 0. The van der Waals surface area contributed by atoms with Gasteiger partial charge in [0.25, 0.3) is 0 Å². The summed E-state index contributed by atoms with van der Waals surface area (Å²) < 4.78 is 10.8. The van der Waals surface area contributed by atoms with Crippen LogP contribution < -0.4 is 20.5 Å². The summed E-state index contributed by atoms with van der Waals surface area (Å²) in [6, 6.07) is 4.66. The molecule has 1 unspecified atom stereocenters. The fraction of sp³-hybridized carbons (Fsp3) is 0.375. The Hall–Kier alpha value is -2.50. The number of rotatable bonds is 8. The van der Waals surface area contributed by atoms with E-state index in [1.807, 2.05) is 13.0 Å². The first kappa shape index (κ1) is 17.6. The van der Waals surface area contributed by atoms with Crippen LogP contribution in [0, 0.1) is 0 Å². The third-order valence-electron chi connectivity index (χ3n) is 2.86. The average molecular weight is 306 g/mol. The van der Waals surface area contributed by atoms with Crippen LogP contribution in [0.4, 0.5) is 0 Å². The number of hydrogen-bond donors (Lipinski definition) is 2. The number of nitrogens with two attached hydrogens (primary N) is 1. The lowest BCUT2D eigenvalue weighted by atomic mass is 10.2. The minimum Gasteiger partial charge on any atom is -0.493 e. The third kappa shape index (κ3) is 5.47. The van der Waals surface area contributed by atoms with Crippen LogP contribution in [0.25, 0.3) is 6.08 Å². The Morgan fingerprint density at radius 2 is 2.09 bits per heavy atom. The van der Waals surface area contributed by atoms with E-state index in [1.165, 1.54) is 13.0 Å². The summed E-state index contributed by atoms with van der Waals surface area (Å²) in [6.07, 6.45) is 3.86. The largest absolute Gasteiger partial charge is 0.493 e. The smallest absolute Gasteiger partial charge is 0.244 e. The molecule has 3 N–H and O–H groups in total. The lowest BCUT2D eigenvalue weighted by Gasteiger charge is -2.10. The van der Waals surface area contributed by atoms with E-state index in [0.717, 1.165) is 12.0 Å². The molecule has 1 aromatic carbocycles. The van der Waals surface area contributed by atoms with Crippen molar-refractivity contribution in [1.29, 1.82) is 0 Å². The predicted octanol–water partition coefficient (Wildman–Crippen LogP) is 1.49. The van der Waals surface area contributed by atoms with Crippen molar-refractivity contribution < 1.29 is 19.1 Å². The van der Waals surface area contributed by atoms with Crippen molar-refractivity contribution in [2.45, 2.75) is 26.3 Å². The van der Waals surface area contributed by atoms with Crippen molar-refractivity contribution >= 4 is 17.9 Å². The fourth-order valence-electron chi connectivity index (χ4n) is 1.62. The standard InChI is InChI=1S/C16H22N2O4/c1-4-9-22-13-7-5-12(10-14(13)21-3)6-8-15(19)18-11(2)16(17)20/h5-8,10-11H,4,9H2,1-3H3,(H2,17,20)(H,18,19). The Kier molecular flexibility index (Phi) is 6.95. The molecular weight excluding hydrogens is 284 g/mol. The topological polar surface area (TPSA) is 90.6 Å². The van der Waals surface area contributed by atoms with Gasteiger partial charge < -0.3 is 20.5 Å². The molecule has 0 saturated heterocycles. The van der Waals surface area contributed by atoms with Crippen LogP contribution in [-0.2, 0) is 9.59 Å². The van der Waals surface area contributed by atoms with E-state index >= 15 is 0 Å². The number of amides is 2. The summed E-state index contributed by atoms with van der Waals surface area (Å²) in [7, 11) is 1.56. The Labute approximate surface area is 130 Å². The van der Waals surface area contributed by atoms with Gasteiger partial charge in [-0.1, -0.05) is 13.0 Å². The van der Waals surface area contributed by atoms with Gasteiger partial charge in [-0.3, -0.25) is 9.59 Å². The maximum absolute atomic E-state index is 11.6. The zero-order chi connectivity index (χ0) is 16.5. The van der Waals surface area contributed by atoms with Crippen molar-refractivity contribution in [3.63, 3.8) is 0 Å². The van der Waals surface area contributed by atoms with Crippen molar-refractivity contribution in [2.24, 2.45) is 5.73 Å². The number of ether oxygens (including phenoxy) is 2. The molecule has 0 radical (unpaired) electrons. The van der Waals surface area contributed by atoms with Crippen molar-refractivity contribution in [2.75, 3.05) is 13.7 Å². The highest BCUT2D eigenvalue weighted by Crippen LogP contribution is 2.28. The summed E-state index contributed by atoms with van der Waals surface area (Å²) in [5.74, 6) is 0.284. The van der Waals surface area contributed by atoms with E-state index in [0.29, 0.717) is 18.1 Å². The first-order valence-corrected chi connectivity index (χ1v) is 7.06. The zero-order valence-electron chi connectivity index (χ0n) is 13.1. The first-order chi connectivity index (χ1) is 10.5. The van der Waals surface area contributed by atoms with Crippen LogP contribution in [0.15, 0.2) is 24.3 Å². The molecule has 22 heavy (non-hydrogen) atoms. The van der Waals surface area contributed by atoms with Gasteiger partial charge in [0, 0.05) is 6.08 Å². The number of methoxy groups -OCH3 is 1. The number of hydrogen-bond acceptors (Lipinski definition) is 4. The van der Waals surface area contributed by atoms with Gasteiger partial charge in [-0.25, -0.2) is 0 Å². The monoisotopic (exact) mass is 306 g/mol. The third-order valence-corrected chi connectivity index (χ3v) is 2.86. The number of nitrogens with one attached hydrogen (secondary N) is 1. The normalized spacial score (nSPS) is 12.0. The molecule has 0 heterocycles. The molecule has 0 aliphatic carbocycles. The van der Waals surface area contributed by atoms with Gasteiger partial charge in [-0.2, -0.15) is 0 Å². The van der Waals surface area contributed by atoms with E-state index in [9.17, 15) is 9.59 Å². The summed E-state index contributed by atoms with van der Waals surface area (Å²) in [5.41, 5.74) is 5.86. The van der Waals surface area contributed by atoms with Crippen molar-refractivity contribution in [3.8, 4) is 11.5 Å². The molecule has 0 saturated carbocycles. The number of primary amides is 1. The first-order valence-electron chi connectivity index (χ1n) is 7.06. The number of carbonyl (C=O) groups excluding carboxylic acids is 2. The molecule has 0 aliphatic rings. The van der Waals surface area contributed by atoms with Crippen LogP contribution in [0.2, 0.25) is 0 Å². The SMILES string of the molecule is CCCOc1ccc(C=CC(=O)NC(C)C(N)=O)cc1OC. The van der Waals surface area contributed by atoms with Crippen molar-refractivity contribution in [3.05, 3.63) is 29.8 Å². The Balaban J connectivity index is 2.74. The van der Waals surface area contributed by atoms with E-state index in [1.54, 1.807) is 25.3 Å². The Bertz CT molecular complexity index is 555. The molecule has 6 heteroatoms. The molecule has 120 valence electrons. The quantitative estimate of drug-likeness (QED) is 0.712. The molecule has 1 aromatic rings. The van der Waals surface area contributed by atoms with Crippen LogP contribution in [0.1, 0.15) is 25.8 Å². The van der Waals surface area contributed by atoms with E-state index < -0.39 is 17.9 Å². The summed E-state index contributed by atoms with van der Waals surface area (Å²) in [6.45, 7) is 4.16. The highest BCUT2D eigenvalue weighted by molar-refractivity contribution is 5.95. The van der Waals surface area contributed by atoms with E-state index in [4.69, 9.17) is 15.2 Å². The van der Waals surface area contributed by atoms with Gasteiger partial charge in [-0.15, -0.1) is 0 Å². The van der Waals surface area contributed by atoms with Gasteiger partial charge in [0.1, 0.15) is 6.04 Å². The second-order valence-electron chi connectivity index (χ2n) is 4.72. The van der Waals surface area contributed by atoms with Gasteiger partial charge in [0.2, 0.25) is 11.8 Å².